The van der Waals surface area contributed by atoms with Gasteiger partial charge in [0.05, 0.1) is 0 Å². The van der Waals surface area contributed by atoms with E-state index in [2.05, 4.69) is 54.1 Å². The van der Waals surface area contributed by atoms with E-state index < -0.39 is 0 Å². The summed E-state index contributed by atoms with van der Waals surface area (Å²) in [5, 5.41) is 2.11. The standard InChI is InChI=1S/C16H17N3S2/c1-3-12-8-13-14(18-16(17)19-15(13)21-12)20-9-11-7-5-4-6-10(11)2/h4-8H,3,9H2,1-2H3,(H2,17,18,19). The summed E-state index contributed by atoms with van der Waals surface area (Å²) in [5.74, 6) is 1.26. The van der Waals surface area contributed by atoms with Crippen LogP contribution in [0.3, 0.4) is 0 Å². The zero-order valence-corrected chi connectivity index (χ0v) is 13.7. The Morgan fingerprint density at radius 2 is 2.05 bits per heavy atom. The van der Waals surface area contributed by atoms with Gasteiger partial charge in [-0.25, -0.2) is 9.97 Å². The van der Waals surface area contributed by atoms with Crippen molar-refractivity contribution in [1.82, 2.24) is 9.97 Å². The predicted octanol–water partition coefficient (Wildman–Crippen LogP) is 4.44. The summed E-state index contributed by atoms with van der Waals surface area (Å²) in [5.41, 5.74) is 8.49. The molecule has 0 amide bonds. The number of thioether (sulfide) groups is 1. The fraction of sp³-hybridized carbons (Fsp3) is 0.250. The third kappa shape index (κ3) is 3.04. The lowest BCUT2D eigenvalue weighted by Crippen LogP contribution is -1.96. The molecule has 0 atom stereocenters. The maximum atomic E-state index is 5.85. The predicted molar refractivity (Wildman–Crippen MR) is 91.9 cm³/mol. The van der Waals surface area contributed by atoms with Gasteiger partial charge in [0, 0.05) is 16.0 Å². The molecule has 0 aliphatic heterocycles. The summed E-state index contributed by atoms with van der Waals surface area (Å²) in [6, 6.07) is 10.6. The highest BCUT2D eigenvalue weighted by molar-refractivity contribution is 7.98. The number of nitrogen functional groups attached to an aromatic ring is 1. The molecule has 0 aliphatic rings. The summed E-state index contributed by atoms with van der Waals surface area (Å²) >= 11 is 3.44. The molecule has 0 saturated heterocycles. The molecule has 0 radical (unpaired) electrons. The van der Waals surface area contributed by atoms with E-state index in [0.717, 1.165) is 27.4 Å². The molecule has 0 unspecified atom stereocenters. The number of anilines is 1. The van der Waals surface area contributed by atoms with Crippen LogP contribution in [-0.2, 0) is 12.2 Å². The topological polar surface area (TPSA) is 51.8 Å². The zero-order valence-electron chi connectivity index (χ0n) is 12.1. The van der Waals surface area contributed by atoms with Crippen LogP contribution in [0.15, 0.2) is 35.4 Å². The summed E-state index contributed by atoms with van der Waals surface area (Å²) in [6.45, 7) is 4.29. The van der Waals surface area contributed by atoms with E-state index in [0.29, 0.717) is 5.95 Å². The molecule has 2 heterocycles. The Balaban J connectivity index is 1.93. The fourth-order valence-electron chi connectivity index (χ4n) is 2.16. The van der Waals surface area contributed by atoms with E-state index in [9.17, 15) is 0 Å². The van der Waals surface area contributed by atoms with Gasteiger partial charge >= 0.3 is 0 Å². The number of nitrogens with zero attached hydrogens (tertiary/aromatic N) is 2. The highest BCUT2D eigenvalue weighted by Gasteiger charge is 2.11. The van der Waals surface area contributed by atoms with Crippen molar-refractivity contribution < 1.29 is 0 Å². The quantitative estimate of drug-likeness (QED) is 0.571. The Kier molecular flexibility index (Phi) is 4.12. The lowest BCUT2D eigenvalue weighted by Gasteiger charge is -2.06. The molecule has 5 heteroatoms. The van der Waals surface area contributed by atoms with Gasteiger partial charge in [0.2, 0.25) is 5.95 Å². The van der Waals surface area contributed by atoms with Gasteiger partial charge < -0.3 is 5.73 Å². The highest BCUT2D eigenvalue weighted by atomic mass is 32.2. The lowest BCUT2D eigenvalue weighted by atomic mass is 10.1. The molecular weight excluding hydrogens is 298 g/mol. The van der Waals surface area contributed by atoms with Crippen molar-refractivity contribution in [2.45, 2.75) is 31.0 Å². The van der Waals surface area contributed by atoms with E-state index in [4.69, 9.17) is 5.73 Å². The van der Waals surface area contributed by atoms with Crippen molar-refractivity contribution in [2.24, 2.45) is 0 Å². The third-order valence-corrected chi connectivity index (χ3v) is 5.61. The summed E-state index contributed by atoms with van der Waals surface area (Å²) < 4.78 is 0. The molecule has 3 aromatic rings. The van der Waals surface area contributed by atoms with E-state index in [-0.39, 0.29) is 0 Å². The van der Waals surface area contributed by atoms with Crippen LogP contribution in [0.2, 0.25) is 0 Å². The van der Waals surface area contributed by atoms with Crippen molar-refractivity contribution in [3.8, 4) is 0 Å². The average molecular weight is 315 g/mol. The first kappa shape index (κ1) is 14.4. The number of hydrogen-bond acceptors (Lipinski definition) is 5. The van der Waals surface area contributed by atoms with Crippen LogP contribution in [0, 0.1) is 6.92 Å². The normalized spacial score (nSPS) is 11.1. The zero-order chi connectivity index (χ0) is 14.8. The first-order valence-electron chi connectivity index (χ1n) is 6.90. The van der Waals surface area contributed by atoms with E-state index in [1.807, 2.05) is 0 Å². The SMILES string of the molecule is CCc1cc2c(SCc3ccccc3C)nc(N)nc2s1. The molecule has 21 heavy (non-hydrogen) atoms. The Hall–Kier alpha value is -1.59. The number of nitrogens with two attached hydrogens (primary N) is 1. The molecule has 0 spiro atoms. The number of thiophene rings is 1. The second kappa shape index (κ2) is 6.03. The molecule has 1 aromatic carbocycles. The van der Waals surface area contributed by atoms with Crippen LogP contribution in [0.5, 0.6) is 0 Å². The highest BCUT2D eigenvalue weighted by Crippen LogP contribution is 2.34. The fourth-order valence-corrected chi connectivity index (χ4v) is 4.29. The Morgan fingerprint density at radius 3 is 2.81 bits per heavy atom. The number of fused-ring (bicyclic) bond motifs is 1. The molecule has 0 bridgehead atoms. The molecular formula is C16H17N3S2. The van der Waals surface area contributed by atoms with Gasteiger partial charge in [-0.15, -0.1) is 23.1 Å². The number of aryl methyl sites for hydroxylation is 2. The molecule has 0 aliphatic carbocycles. The van der Waals surface area contributed by atoms with E-state index in [1.165, 1.54) is 16.0 Å². The third-order valence-electron chi connectivity index (χ3n) is 3.40. The molecule has 108 valence electrons. The van der Waals surface area contributed by atoms with Crippen molar-refractivity contribution in [3.05, 3.63) is 46.3 Å². The van der Waals surface area contributed by atoms with Crippen LogP contribution >= 0.6 is 23.1 Å². The van der Waals surface area contributed by atoms with Gasteiger partial charge in [-0.1, -0.05) is 31.2 Å². The number of aromatic nitrogens is 2. The van der Waals surface area contributed by atoms with Crippen LogP contribution in [-0.4, -0.2) is 9.97 Å². The Labute approximate surface area is 132 Å². The number of rotatable bonds is 4. The van der Waals surface area contributed by atoms with Crippen molar-refractivity contribution in [1.29, 1.82) is 0 Å². The van der Waals surface area contributed by atoms with Crippen LogP contribution in [0.25, 0.3) is 10.2 Å². The molecule has 2 N–H and O–H groups in total. The molecule has 3 rings (SSSR count). The minimum absolute atomic E-state index is 0.360. The smallest absolute Gasteiger partial charge is 0.222 e. The maximum absolute atomic E-state index is 5.85. The summed E-state index contributed by atoms with van der Waals surface area (Å²) in [4.78, 5) is 11.1. The minimum atomic E-state index is 0.360. The average Bonchev–Trinajstić information content (AvgIpc) is 2.89. The molecule has 3 nitrogen and oxygen atoms in total. The summed E-state index contributed by atoms with van der Waals surface area (Å²) in [7, 11) is 0. The lowest BCUT2D eigenvalue weighted by molar-refractivity contribution is 1.12. The van der Waals surface area contributed by atoms with Crippen molar-refractivity contribution in [2.75, 3.05) is 5.73 Å². The second-order valence-electron chi connectivity index (χ2n) is 4.89. The van der Waals surface area contributed by atoms with Gasteiger partial charge in [0.1, 0.15) is 9.86 Å². The first-order chi connectivity index (χ1) is 10.2. The van der Waals surface area contributed by atoms with Gasteiger partial charge in [-0.05, 0) is 30.5 Å². The largest absolute Gasteiger partial charge is 0.368 e. The van der Waals surface area contributed by atoms with Crippen molar-refractivity contribution >= 4 is 39.3 Å². The molecule has 2 aromatic heterocycles. The van der Waals surface area contributed by atoms with Gasteiger partial charge in [-0.3, -0.25) is 0 Å². The van der Waals surface area contributed by atoms with E-state index in [1.54, 1.807) is 23.1 Å². The molecule has 0 fully saturated rings. The second-order valence-corrected chi connectivity index (χ2v) is 6.97. The summed E-state index contributed by atoms with van der Waals surface area (Å²) in [6.07, 6.45) is 1.02. The van der Waals surface area contributed by atoms with Crippen LogP contribution < -0.4 is 5.73 Å². The Bertz CT molecular complexity index is 780. The molecule has 0 saturated carbocycles. The maximum Gasteiger partial charge on any atom is 0.222 e. The van der Waals surface area contributed by atoms with Crippen LogP contribution in [0.1, 0.15) is 22.9 Å². The van der Waals surface area contributed by atoms with Gasteiger partial charge in [0.15, 0.2) is 0 Å². The number of hydrogen-bond donors (Lipinski definition) is 1. The number of benzene rings is 1. The van der Waals surface area contributed by atoms with Gasteiger partial charge in [0.25, 0.3) is 0 Å². The minimum Gasteiger partial charge on any atom is -0.368 e. The van der Waals surface area contributed by atoms with Gasteiger partial charge in [-0.2, -0.15) is 0 Å². The van der Waals surface area contributed by atoms with Crippen molar-refractivity contribution in [3.63, 3.8) is 0 Å². The van der Waals surface area contributed by atoms with Crippen LogP contribution in [0.4, 0.5) is 5.95 Å². The Morgan fingerprint density at radius 1 is 1.24 bits per heavy atom. The monoisotopic (exact) mass is 315 g/mol. The van der Waals surface area contributed by atoms with E-state index >= 15 is 0 Å². The first-order valence-corrected chi connectivity index (χ1v) is 8.71.